The van der Waals surface area contributed by atoms with E-state index in [-0.39, 0.29) is 23.4 Å². The van der Waals surface area contributed by atoms with Crippen molar-refractivity contribution in [2.45, 2.75) is 19.9 Å². The normalized spacial score (nSPS) is 10.3. The maximum atomic E-state index is 13.1. The van der Waals surface area contributed by atoms with Crippen molar-refractivity contribution >= 4 is 23.6 Å². The molecule has 0 aliphatic carbocycles. The summed E-state index contributed by atoms with van der Waals surface area (Å²) < 4.78 is 13.1. The van der Waals surface area contributed by atoms with Crippen LogP contribution in [-0.2, 0) is 16.1 Å². The lowest BCUT2D eigenvalue weighted by Gasteiger charge is -2.21. The van der Waals surface area contributed by atoms with Crippen LogP contribution in [0.4, 0.5) is 4.39 Å². The van der Waals surface area contributed by atoms with E-state index in [1.54, 1.807) is 17.0 Å². The summed E-state index contributed by atoms with van der Waals surface area (Å²) in [5, 5.41) is 0. The van der Waals surface area contributed by atoms with Gasteiger partial charge in [-0.1, -0.05) is 12.1 Å². The zero-order valence-electron chi connectivity index (χ0n) is 11.5. The molecule has 0 saturated heterocycles. The first-order valence-corrected chi connectivity index (χ1v) is 7.56. The lowest BCUT2D eigenvalue weighted by Crippen LogP contribution is -2.30. The topological polar surface area (TPSA) is 63.4 Å². The van der Waals surface area contributed by atoms with Crippen molar-refractivity contribution < 1.29 is 14.0 Å². The number of carbonyl (C=O) groups is 2. The zero-order chi connectivity index (χ0) is 15.0. The Bertz CT molecular complexity index is 468. The predicted molar refractivity (Wildman–Crippen MR) is 78.6 cm³/mol. The van der Waals surface area contributed by atoms with Crippen molar-refractivity contribution in [3.63, 3.8) is 0 Å². The highest BCUT2D eigenvalue weighted by Crippen LogP contribution is 2.10. The largest absolute Gasteiger partial charge is 0.369 e. The fourth-order valence-corrected chi connectivity index (χ4v) is 2.39. The molecule has 0 aromatic heterocycles. The van der Waals surface area contributed by atoms with Gasteiger partial charge in [-0.15, -0.1) is 0 Å². The Balaban J connectivity index is 2.44. The van der Waals surface area contributed by atoms with Crippen molar-refractivity contribution in [2.75, 3.05) is 18.1 Å². The van der Waals surface area contributed by atoms with Crippen LogP contribution < -0.4 is 5.73 Å². The summed E-state index contributed by atoms with van der Waals surface area (Å²) in [6.07, 6.45) is 0.348. The molecule has 6 heteroatoms. The second kappa shape index (κ2) is 8.58. The Hall–Kier alpha value is -1.56. The van der Waals surface area contributed by atoms with Crippen molar-refractivity contribution in [1.82, 2.24) is 4.90 Å². The van der Waals surface area contributed by atoms with Crippen molar-refractivity contribution in [2.24, 2.45) is 5.73 Å². The molecule has 2 N–H and O–H groups in total. The predicted octanol–water partition coefficient (Wildman–Crippen LogP) is 1.78. The number of carbonyl (C=O) groups excluding carboxylic acids is 2. The average molecular weight is 298 g/mol. The molecule has 4 nitrogen and oxygen atoms in total. The van der Waals surface area contributed by atoms with Crippen LogP contribution in [-0.4, -0.2) is 34.8 Å². The van der Waals surface area contributed by atoms with Gasteiger partial charge < -0.3 is 10.6 Å². The molecule has 0 bridgehead atoms. The summed E-state index contributed by atoms with van der Waals surface area (Å²) >= 11 is 1.34. The number of rotatable bonds is 8. The van der Waals surface area contributed by atoms with Crippen LogP contribution in [0.3, 0.4) is 0 Å². The van der Waals surface area contributed by atoms with Crippen LogP contribution in [0, 0.1) is 5.82 Å². The maximum absolute atomic E-state index is 13.1. The number of nitrogens with two attached hydrogens (primary N) is 1. The highest BCUT2D eigenvalue weighted by Gasteiger charge is 2.12. The number of benzene rings is 1. The van der Waals surface area contributed by atoms with Gasteiger partial charge in [0.1, 0.15) is 5.82 Å². The number of primary amides is 1. The summed E-state index contributed by atoms with van der Waals surface area (Å²) in [5.74, 6) is 0.0939. The van der Waals surface area contributed by atoms with Gasteiger partial charge in [0.25, 0.3) is 0 Å². The zero-order valence-corrected chi connectivity index (χ0v) is 12.3. The second-order valence-electron chi connectivity index (χ2n) is 4.31. The third kappa shape index (κ3) is 6.06. The Labute approximate surface area is 122 Å². The van der Waals surface area contributed by atoms with E-state index in [2.05, 4.69) is 0 Å². The molecule has 0 fully saturated rings. The molecular formula is C14H19FN2O2S. The molecule has 0 saturated carbocycles. The van der Waals surface area contributed by atoms with Gasteiger partial charge in [0.2, 0.25) is 11.8 Å². The standard InChI is InChI=1S/C14H19FN2O2S/c1-2-17(9-11-4-3-5-12(15)8-11)14(19)6-7-20-10-13(16)18/h3-5,8H,2,6-7,9-10H2,1H3,(H2,16,18). The summed E-state index contributed by atoms with van der Waals surface area (Å²) in [6, 6.07) is 6.23. The lowest BCUT2D eigenvalue weighted by molar-refractivity contribution is -0.131. The summed E-state index contributed by atoms with van der Waals surface area (Å²) in [4.78, 5) is 24.3. The molecule has 0 aliphatic rings. The van der Waals surface area contributed by atoms with Crippen LogP contribution in [0.5, 0.6) is 0 Å². The van der Waals surface area contributed by atoms with Gasteiger partial charge in [0, 0.05) is 25.3 Å². The van der Waals surface area contributed by atoms with E-state index in [1.807, 2.05) is 6.92 Å². The number of amides is 2. The van der Waals surface area contributed by atoms with E-state index in [0.717, 1.165) is 5.56 Å². The van der Waals surface area contributed by atoms with E-state index in [1.165, 1.54) is 23.9 Å². The van der Waals surface area contributed by atoms with Gasteiger partial charge in [0.05, 0.1) is 5.75 Å². The average Bonchev–Trinajstić information content (AvgIpc) is 2.40. The molecule has 0 spiro atoms. The molecule has 1 aromatic rings. The number of thioether (sulfide) groups is 1. The monoisotopic (exact) mass is 298 g/mol. The molecule has 0 heterocycles. The first-order valence-electron chi connectivity index (χ1n) is 6.41. The Morgan fingerprint density at radius 1 is 1.40 bits per heavy atom. The number of hydrogen-bond donors (Lipinski definition) is 1. The molecule has 0 radical (unpaired) electrons. The Morgan fingerprint density at radius 2 is 2.15 bits per heavy atom. The minimum absolute atomic E-state index is 0.00580. The summed E-state index contributed by atoms with van der Waals surface area (Å²) in [7, 11) is 0. The third-order valence-electron chi connectivity index (χ3n) is 2.70. The van der Waals surface area contributed by atoms with Gasteiger partial charge in [-0.05, 0) is 24.6 Å². The van der Waals surface area contributed by atoms with E-state index in [0.29, 0.717) is 25.3 Å². The fraction of sp³-hybridized carbons (Fsp3) is 0.429. The highest BCUT2D eigenvalue weighted by molar-refractivity contribution is 7.99. The van der Waals surface area contributed by atoms with Crippen LogP contribution in [0.1, 0.15) is 18.9 Å². The minimum Gasteiger partial charge on any atom is -0.369 e. The second-order valence-corrected chi connectivity index (χ2v) is 5.41. The van der Waals surface area contributed by atoms with Crippen LogP contribution in [0.2, 0.25) is 0 Å². The quantitative estimate of drug-likeness (QED) is 0.744. The van der Waals surface area contributed by atoms with Crippen molar-refractivity contribution in [3.05, 3.63) is 35.6 Å². The lowest BCUT2D eigenvalue weighted by atomic mass is 10.2. The van der Waals surface area contributed by atoms with Gasteiger partial charge in [-0.2, -0.15) is 11.8 Å². The van der Waals surface area contributed by atoms with Crippen LogP contribution in [0.25, 0.3) is 0 Å². The highest BCUT2D eigenvalue weighted by atomic mass is 32.2. The van der Waals surface area contributed by atoms with E-state index >= 15 is 0 Å². The molecule has 0 atom stereocenters. The molecular weight excluding hydrogens is 279 g/mol. The van der Waals surface area contributed by atoms with Gasteiger partial charge in [-0.3, -0.25) is 9.59 Å². The van der Waals surface area contributed by atoms with Crippen LogP contribution >= 0.6 is 11.8 Å². The SMILES string of the molecule is CCN(Cc1cccc(F)c1)C(=O)CCSCC(N)=O. The van der Waals surface area contributed by atoms with E-state index in [4.69, 9.17) is 5.73 Å². The molecule has 1 rings (SSSR count). The van der Waals surface area contributed by atoms with Gasteiger partial charge >= 0.3 is 0 Å². The van der Waals surface area contributed by atoms with Gasteiger partial charge in [-0.25, -0.2) is 4.39 Å². The summed E-state index contributed by atoms with van der Waals surface area (Å²) in [6.45, 7) is 2.84. The molecule has 2 amide bonds. The number of nitrogens with zero attached hydrogens (tertiary/aromatic N) is 1. The molecule has 110 valence electrons. The Kier molecular flexibility index (Phi) is 7.08. The molecule has 0 unspecified atom stereocenters. The Morgan fingerprint density at radius 3 is 2.75 bits per heavy atom. The summed E-state index contributed by atoms with van der Waals surface area (Å²) in [5.41, 5.74) is 5.79. The first-order chi connectivity index (χ1) is 9.52. The molecule has 0 aliphatic heterocycles. The third-order valence-corrected chi connectivity index (χ3v) is 3.68. The fourth-order valence-electron chi connectivity index (χ4n) is 1.72. The van der Waals surface area contributed by atoms with Crippen molar-refractivity contribution in [1.29, 1.82) is 0 Å². The van der Waals surface area contributed by atoms with Crippen LogP contribution in [0.15, 0.2) is 24.3 Å². The molecule has 20 heavy (non-hydrogen) atoms. The van der Waals surface area contributed by atoms with Crippen molar-refractivity contribution in [3.8, 4) is 0 Å². The smallest absolute Gasteiger partial charge is 0.227 e. The minimum atomic E-state index is -0.380. The molecule has 1 aromatic carbocycles. The van der Waals surface area contributed by atoms with Gasteiger partial charge in [0.15, 0.2) is 0 Å². The number of hydrogen-bond acceptors (Lipinski definition) is 3. The maximum Gasteiger partial charge on any atom is 0.227 e. The van der Waals surface area contributed by atoms with E-state index < -0.39 is 0 Å². The first kappa shape index (κ1) is 16.5. The van der Waals surface area contributed by atoms with E-state index in [9.17, 15) is 14.0 Å². The number of halogens is 1.